The Kier molecular flexibility index (Phi) is 8.33. The molecule has 1 heterocycles. The van der Waals surface area contributed by atoms with Crippen molar-refractivity contribution in [2.45, 2.75) is 58.4 Å². The number of hydrogen-bond acceptors (Lipinski definition) is 5. The maximum atomic E-state index is 13.0. The van der Waals surface area contributed by atoms with Crippen molar-refractivity contribution in [1.29, 1.82) is 0 Å². The predicted molar refractivity (Wildman–Crippen MR) is 123 cm³/mol. The summed E-state index contributed by atoms with van der Waals surface area (Å²) in [5.74, 6) is -0.917. The largest absolute Gasteiger partial charge is 0.331 e. The number of benzene rings is 1. The Hall–Kier alpha value is -2.81. The first kappa shape index (κ1) is 23.8. The van der Waals surface area contributed by atoms with Crippen molar-refractivity contribution in [2.24, 2.45) is 5.92 Å². The first-order chi connectivity index (χ1) is 15.3. The number of nitrogens with one attached hydrogen (secondary N) is 2. The number of amides is 3. The average Bonchev–Trinajstić information content (AvgIpc) is 3.20. The third kappa shape index (κ3) is 6.85. The average molecular weight is 461 g/mol. The van der Waals surface area contributed by atoms with Gasteiger partial charge < -0.3 is 15.5 Å². The van der Waals surface area contributed by atoms with Gasteiger partial charge in [-0.05, 0) is 51.0 Å². The predicted octanol–water partition coefficient (Wildman–Crippen LogP) is 4.22. The molecule has 0 spiro atoms. The first-order valence-electron chi connectivity index (χ1n) is 10.9. The summed E-state index contributed by atoms with van der Waals surface area (Å²) in [6.07, 6.45) is 5.09. The zero-order valence-electron chi connectivity index (χ0n) is 18.4. The number of carbonyl (C=O) groups is 3. The number of nitrogens with zero attached hydrogens (tertiary/aromatic N) is 2. The topological polar surface area (TPSA) is 91.4 Å². The summed E-state index contributed by atoms with van der Waals surface area (Å²) >= 11 is 1.22. The van der Waals surface area contributed by atoms with Crippen LogP contribution >= 0.6 is 11.3 Å². The van der Waals surface area contributed by atoms with Gasteiger partial charge in [0.05, 0.1) is 12.1 Å². The molecule has 0 bridgehead atoms. The van der Waals surface area contributed by atoms with Gasteiger partial charge in [-0.1, -0.05) is 19.3 Å². The minimum atomic E-state index is -0.376. The molecule has 1 aromatic carbocycles. The monoisotopic (exact) mass is 460 g/mol. The molecule has 1 aromatic heterocycles. The molecule has 0 unspecified atom stereocenters. The molecular formula is C23H29FN4O3S. The van der Waals surface area contributed by atoms with Gasteiger partial charge >= 0.3 is 0 Å². The standard InChI is InChI=1S/C23H29FN4O3S/c1-15(2)28(22(31)16-6-4-3-5-7-16)13-21(30)27-23-26-19(14-32-23)12-20(29)25-18-10-8-17(24)9-11-18/h8-11,14-16H,3-7,12-13H2,1-2H3,(H,25,29)(H,26,27,30). The molecule has 2 aromatic rings. The molecule has 7 nitrogen and oxygen atoms in total. The van der Waals surface area contributed by atoms with Gasteiger partial charge in [-0.15, -0.1) is 11.3 Å². The van der Waals surface area contributed by atoms with Gasteiger partial charge in [-0.25, -0.2) is 9.37 Å². The highest BCUT2D eigenvalue weighted by molar-refractivity contribution is 7.13. The fourth-order valence-electron chi connectivity index (χ4n) is 3.76. The van der Waals surface area contributed by atoms with Crippen molar-refractivity contribution >= 4 is 39.9 Å². The normalized spacial score (nSPS) is 14.2. The van der Waals surface area contributed by atoms with E-state index in [0.29, 0.717) is 16.5 Å². The Morgan fingerprint density at radius 3 is 2.44 bits per heavy atom. The summed E-state index contributed by atoms with van der Waals surface area (Å²) in [6, 6.07) is 5.43. The summed E-state index contributed by atoms with van der Waals surface area (Å²) in [7, 11) is 0. The van der Waals surface area contributed by atoms with E-state index in [1.807, 2.05) is 13.8 Å². The number of halogens is 1. The van der Waals surface area contributed by atoms with Crippen LogP contribution in [0.5, 0.6) is 0 Å². The van der Waals surface area contributed by atoms with E-state index in [0.717, 1.165) is 25.7 Å². The second-order valence-corrected chi connectivity index (χ2v) is 9.18. The van der Waals surface area contributed by atoms with Gasteiger partial charge in [0, 0.05) is 23.0 Å². The molecule has 32 heavy (non-hydrogen) atoms. The minimum absolute atomic E-state index is 0.00466. The van der Waals surface area contributed by atoms with Gasteiger partial charge in [0.2, 0.25) is 17.7 Å². The minimum Gasteiger partial charge on any atom is -0.331 e. The lowest BCUT2D eigenvalue weighted by molar-refractivity contribution is -0.141. The lowest BCUT2D eigenvalue weighted by Crippen LogP contribution is -2.45. The Bertz CT molecular complexity index is 939. The summed E-state index contributed by atoms with van der Waals surface area (Å²) in [5, 5.41) is 7.50. The molecule has 1 aliphatic carbocycles. The Morgan fingerprint density at radius 1 is 1.09 bits per heavy atom. The van der Waals surface area contributed by atoms with E-state index in [9.17, 15) is 18.8 Å². The fourth-order valence-corrected chi connectivity index (χ4v) is 4.49. The molecular weight excluding hydrogens is 431 g/mol. The van der Waals surface area contributed by atoms with Crippen molar-refractivity contribution in [3.05, 3.63) is 41.2 Å². The number of carbonyl (C=O) groups excluding carboxylic acids is 3. The zero-order valence-corrected chi connectivity index (χ0v) is 19.2. The first-order valence-corrected chi connectivity index (χ1v) is 11.8. The molecule has 9 heteroatoms. The third-order valence-corrected chi connectivity index (χ3v) is 6.25. The van der Waals surface area contributed by atoms with Crippen LogP contribution in [0.15, 0.2) is 29.6 Å². The Balaban J connectivity index is 1.52. The van der Waals surface area contributed by atoms with Crippen LogP contribution in [0, 0.1) is 11.7 Å². The van der Waals surface area contributed by atoms with E-state index in [-0.39, 0.29) is 48.5 Å². The van der Waals surface area contributed by atoms with Crippen LogP contribution in [0.4, 0.5) is 15.2 Å². The molecule has 1 saturated carbocycles. The van der Waals surface area contributed by atoms with Crippen LogP contribution in [0.1, 0.15) is 51.6 Å². The molecule has 172 valence electrons. The van der Waals surface area contributed by atoms with E-state index >= 15 is 0 Å². The van der Waals surface area contributed by atoms with Crippen LogP contribution in [0.2, 0.25) is 0 Å². The third-order valence-electron chi connectivity index (χ3n) is 5.44. The molecule has 1 fully saturated rings. The molecule has 0 radical (unpaired) electrons. The highest BCUT2D eigenvalue weighted by Crippen LogP contribution is 2.26. The number of thiazole rings is 1. The number of anilines is 2. The zero-order chi connectivity index (χ0) is 23.1. The highest BCUT2D eigenvalue weighted by atomic mass is 32.1. The molecule has 0 saturated heterocycles. The van der Waals surface area contributed by atoms with Crippen LogP contribution in [0.25, 0.3) is 0 Å². The van der Waals surface area contributed by atoms with Crippen LogP contribution in [-0.4, -0.2) is 40.2 Å². The van der Waals surface area contributed by atoms with Gasteiger partial charge in [0.1, 0.15) is 12.4 Å². The van der Waals surface area contributed by atoms with Crippen molar-refractivity contribution in [1.82, 2.24) is 9.88 Å². The van der Waals surface area contributed by atoms with E-state index in [1.54, 1.807) is 10.3 Å². The lowest BCUT2D eigenvalue weighted by Gasteiger charge is -2.31. The summed E-state index contributed by atoms with van der Waals surface area (Å²) in [6.45, 7) is 3.80. The van der Waals surface area contributed by atoms with Crippen LogP contribution in [-0.2, 0) is 20.8 Å². The fraction of sp³-hybridized carbons (Fsp3) is 0.478. The van der Waals surface area contributed by atoms with Crippen molar-refractivity contribution in [3.63, 3.8) is 0 Å². The molecule has 2 N–H and O–H groups in total. The van der Waals surface area contributed by atoms with E-state index in [2.05, 4.69) is 15.6 Å². The van der Waals surface area contributed by atoms with Crippen LogP contribution in [0.3, 0.4) is 0 Å². The summed E-state index contributed by atoms with van der Waals surface area (Å²) in [4.78, 5) is 43.6. The second kappa shape index (κ2) is 11.2. The maximum absolute atomic E-state index is 13.0. The molecule has 3 amide bonds. The number of rotatable bonds is 8. The smallest absolute Gasteiger partial charge is 0.245 e. The van der Waals surface area contributed by atoms with E-state index < -0.39 is 0 Å². The molecule has 0 atom stereocenters. The van der Waals surface area contributed by atoms with Gasteiger partial charge in [0.25, 0.3) is 0 Å². The quantitative estimate of drug-likeness (QED) is 0.617. The molecule has 3 rings (SSSR count). The van der Waals surface area contributed by atoms with Gasteiger partial charge in [0.15, 0.2) is 5.13 Å². The number of hydrogen-bond donors (Lipinski definition) is 2. The lowest BCUT2D eigenvalue weighted by atomic mass is 9.88. The summed E-state index contributed by atoms with van der Waals surface area (Å²) < 4.78 is 13.0. The molecule has 1 aliphatic rings. The SMILES string of the molecule is CC(C)N(CC(=O)Nc1nc(CC(=O)Nc2ccc(F)cc2)cs1)C(=O)C1CCCCC1. The Labute approximate surface area is 191 Å². The van der Waals surface area contributed by atoms with Crippen molar-refractivity contribution < 1.29 is 18.8 Å². The number of aromatic nitrogens is 1. The second-order valence-electron chi connectivity index (χ2n) is 8.32. The van der Waals surface area contributed by atoms with E-state index in [1.165, 1.54) is 42.0 Å². The molecule has 0 aliphatic heterocycles. The summed E-state index contributed by atoms with van der Waals surface area (Å²) in [5.41, 5.74) is 1.01. The Morgan fingerprint density at radius 2 is 1.78 bits per heavy atom. The maximum Gasteiger partial charge on any atom is 0.245 e. The van der Waals surface area contributed by atoms with Crippen molar-refractivity contribution in [3.8, 4) is 0 Å². The highest BCUT2D eigenvalue weighted by Gasteiger charge is 2.29. The van der Waals surface area contributed by atoms with Crippen molar-refractivity contribution in [2.75, 3.05) is 17.2 Å². The van der Waals surface area contributed by atoms with Gasteiger partial charge in [-0.2, -0.15) is 0 Å². The van der Waals surface area contributed by atoms with E-state index in [4.69, 9.17) is 0 Å². The van der Waals surface area contributed by atoms with Crippen LogP contribution < -0.4 is 10.6 Å². The van der Waals surface area contributed by atoms with Gasteiger partial charge in [-0.3, -0.25) is 14.4 Å².